The Morgan fingerprint density at radius 3 is 2.26 bits per heavy atom. The van der Waals surface area contributed by atoms with Gasteiger partial charge in [-0.1, -0.05) is 36.4 Å². The number of hydrogen-bond acceptors (Lipinski definition) is 6. The van der Waals surface area contributed by atoms with Gasteiger partial charge in [-0.25, -0.2) is 4.39 Å². The van der Waals surface area contributed by atoms with Crippen LogP contribution in [-0.4, -0.2) is 49.2 Å². The Morgan fingerprint density at radius 2 is 1.56 bits per heavy atom. The number of nitrogens with one attached hydrogen (secondary N) is 1. The highest BCUT2D eigenvalue weighted by atomic mass is 19.1. The van der Waals surface area contributed by atoms with Crippen LogP contribution in [0.1, 0.15) is 27.5 Å². The second-order valence-corrected chi connectivity index (χ2v) is 9.78. The van der Waals surface area contributed by atoms with Gasteiger partial charge in [-0.3, -0.25) is 24.1 Å². The Kier molecular flexibility index (Phi) is 8.47. The lowest BCUT2D eigenvalue weighted by Gasteiger charge is -2.33. The molecule has 1 aliphatic heterocycles. The molecule has 4 aromatic rings. The maximum atomic E-state index is 14.2. The Bertz CT molecular complexity index is 1670. The molecule has 9 nitrogen and oxygen atoms in total. The van der Waals surface area contributed by atoms with Crippen LogP contribution in [0.15, 0.2) is 97.1 Å². The monoisotopic (exact) mass is 581 g/mol. The van der Waals surface area contributed by atoms with Gasteiger partial charge in [0.15, 0.2) is 0 Å². The van der Waals surface area contributed by atoms with Crippen molar-refractivity contribution >= 4 is 34.9 Å². The van der Waals surface area contributed by atoms with Crippen molar-refractivity contribution in [3.8, 4) is 11.5 Å². The Morgan fingerprint density at radius 1 is 0.860 bits per heavy atom. The number of hydrogen-bond donors (Lipinski definition) is 1. The number of carbonyl (C=O) groups excluding carboxylic acids is 4. The maximum absolute atomic E-state index is 14.2. The molecule has 1 N–H and O–H groups in total. The lowest BCUT2D eigenvalue weighted by atomic mass is 10.0. The fourth-order valence-electron chi connectivity index (χ4n) is 4.91. The Labute approximate surface area is 247 Å². The number of ether oxygens (including phenoxy) is 2. The summed E-state index contributed by atoms with van der Waals surface area (Å²) in [5.41, 5.74) is 1.96. The molecule has 0 aliphatic carbocycles. The zero-order valence-electron chi connectivity index (χ0n) is 23.5. The quantitative estimate of drug-likeness (QED) is 0.270. The minimum atomic E-state index is -1.21. The van der Waals surface area contributed by atoms with E-state index in [0.717, 1.165) is 4.90 Å². The van der Waals surface area contributed by atoms with Crippen molar-refractivity contribution in [3.63, 3.8) is 0 Å². The summed E-state index contributed by atoms with van der Waals surface area (Å²) >= 11 is 0. The third-order valence-electron chi connectivity index (χ3n) is 7.09. The summed E-state index contributed by atoms with van der Waals surface area (Å²) in [5.74, 6) is -2.10. The average Bonchev–Trinajstić information content (AvgIpc) is 3.27. The first-order chi connectivity index (χ1) is 20.8. The van der Waals surface area contributed by atoms with Crippen LogP contribution in [-0.2, 0) is 20.9 Å². The molecule has 1 atom stereocenters. The first-order valence-corrected chi connectivity index (χ1v) is 13.4. The molecule has 0 fully saturated rings. The van der Waals surface area contributed by atoms with Gasteiger partial charge in [-0.05, 0) is 71.8 Å². The number of halogens is 1. The fraction of sp³-hybridized carbons (Fsp3) is 0.152. The maximum Gasteiger partial charge on any atom is 0.299 e. The van der Waals surface area contributed by atoms with Crippen LogP contribution in [0.25, 0.3) is 0 Å². The zero-order chi connectivity index (χ0) is 30.5. The van der Waals surface area contributed by atoms with Gasteiger partial charge in [0.05, 0.1) is 25.5 Å². The van der Waals surface area contributed by atoms with Gasteiger partial charge >= 0.3 is 0 Å². The molecular weight excluding hydrogens is 553 g/mol. The van der Waals surface area contributed by atoms with Crippen molar-refractivity contribution in [2.75, 3.05) is 31.0 Å². The normalized spacial score (nSPS) is 12.9. The van der Waals surface area contributed by atoms with Crippen molar-refractivity contribution in [1.82, 2.24) is 4.90 Å². The van der Waals surface area contributed by atoms with E-state index < -0.39 is 41.9 Å². The topological polar surface area (TPSA) is 105 Å². The van der Waals surface area contributed by atoms with Gasteiger partial charge < -0.3 is 19.7 Å². The highest BCUT2D eigenvalue weighted by Crippen LogP contribution is 2.32. The largest absolute Gasteiger partial charge is 0.497 e. The number of benzene rings is 4. The highest BCUT2D eigenvalue weighted by Gasteiger charge is 2.39. The molecule has 3 amide bonds. The predicted octanol–water partition coefficient (Wildman–Crippen LogP) is 4.78. The summed E-state index contributed by atoms with van der Waals surface area (Å²) < 4.78 is 24.4. The molecular formula is C33H28FN3O6. The minimum absolute atomic E-state index is 0.103. The summed E-state index contributed by atoms with van der Waals surface area (Å²) in [7, 11) is 3.02. The molecule has 218 valence electrons. The molecule has 0 saturated carbocycles. The van der Waals surface area contributed by atoms with Gasteiger partial charge in [0.2, 0.25) is 5.91 Å². The Balaban J connectivity index is 1.56. The number of anilines is 2. The number of Topliss-reactive ketones (excluding diaryl/α,β-unsaturated/α-hetero) is 1. The SMILES string of the molecule is COc1ccc(NC(=O)C(c2cccc(OC)c2)N(Cc2ccc(F)cc2)C(=O)CN2C(=O)C(=O)c3ccccc32)cc1. The van der Waals surface area contributed by atoms with Crippen LogP contribution in [0.5, 0.6) is 11.5 Å². The van der Waals surface area contributed by atoms with Crippen molar-refractivity contribution in [2.24, 2.45) is 0 Å². The van der Waals surface area contributed by atoms with Crippen molar-refractivity contribution in [1.29, 1.82) is 0 Å². The molecule has 5 rings (SSSR count). The average molecular weight is 582 g/mol. The van der Waals surface area contributed by atoms with E-state index in [-0.39, 0.29) is 12.1 Å². The fourth-order valence-corrected chi connectivity index (χ4v) is 4.91. The third-order valence-corrected chi connectivity index (χ3v) is 7.09. The summed E-state index contributed by atoms with van der Waals surface area (Å²) in [6, 6.07) is 24.2. The highest BCUT2D eigenvalue weighted by molar-refractivity contribution is 6.52. The van der Waals surface area contributed by atoms with Crippen molar-refractivity contribution < 1.29 is 33.0 Å². The van der Waals surface area contributed by atoms with E-state index in [9.17, 15) is 23.6 Å². The second-order valence-electron chi connectivity index (χ2n) is 9.78. The number of methoxy groups -OCH3 is 2. The molecule has 0 spiro atoms. The molecule has 0 radical (unpaired) electrons. The van der Waals surface area contributed by atoms with Crippen LogP contribution in [0.4, 0.5) is 15.8 Å². The molecule has 4 aromatic carbocycles. The van der Waals surface area contributed by atoms with Gasteiger partial charge in [-0.15, -0.1) is 0 Å². The summed E-state index contributed by atoms with van der Waals surface area (Å²) in [6.45, 7) is -0.603. The smallest absolute Gasteiger partial charge is 0.299 e. The lowest BCUT2D eigenvalue weighted by Crippen LogP contribution is -2.46. The van der Waals surface area contributed by atoms with E-state index in [1.807, 2.05) is 0 Å². The van der Waals surface area contributed by atoms with Gasteiger partial charge in [0.25, 0.3) is 17.6 Å². The van der Waals surface area contributed by atoms with E-state index in [4.69, 9.17) is 9.47 Å². The zero-order valence-corrected chi connectivity index (χ0v) is 23.5. The second kappa shape index (κ2) is 12.6. The van der Waals surface area contributed by atoms with Crippen LogP contribution in [0, 0.1) is 5.82 Å². The molecule has 1 heterocycles. The molecule has 0 aromatic heterocycles. The summed E-state index contributed by atoms with van der Waals surface area (Å²) in [5, 5.41) is 2.86. The third kappa shape index (κ3) is 6.23. The standard InChI is InChI=1S/C33H28FN3O6/c1-42-25-16-14-24(15-17-25)35-32(40)30(22-6-5-7-26(18-22)43-2)37(19-21-10-12-23(34)13-11-21)29(38)20-36-28-9-4-3-8-27(28)31(39)33(36)41/h3-18,30H,19-20H2,1-2H3,(H,35,40). The number of fused-ring (bicyclic) bond motifs is 1. The first-order valence-electron chi connectivity index (χ1n) is 13.4. The number of nitrogens with zero attached hydrogens (tertiary/aromatic N) is 2. The number of para-hydroxylation sites is 1. The summed E-state index contributed by atoms with van der Waals surface area (Å²) in [6.07, 6.45) is 0. The molecule has 10 heteroatoms. The van der Waals surface area contributed by atoms with Gasteiger partial charge in [0.1, 0.15) is 29.9 Å². The number of ketones is 1. The molecule has 1 aliphatic rings. The summed E-state index contributed by atoms with van der Waals surface area (Å²) in [4.78, 5) is 56.2. The van der Waals surface area contributed by atoms with E-state index in [0.29, 0.717) is 34.0 Å². The van der Waals surface area contributed by atoms with Crippen LogP contribution >= 0.6 is 0 Å². The first kappa shape index (κ1) is 29.0. The van der Waals surface area contributed by atoms with Gasteiger partial charge in [0, 0.05) is 12.2 Å². The minimum Gasteiger partial charge on any atom is -0.497 e. The van der Waals surface area contributed by atoms with E-state index in [1.165, 1.54) is 49.5 Å². The molecule has 43 heavy (non-hydrogen) atoms. The molecule has 1 unspecified atom stereocenters. The number of rotatable bonds is 10. The van der Waals surface area contributed by atoms with Crippen molar-refractivity contribution in [2.45, 2.75) is 12.6 Å². The van der Waals surface area contributed by atoms with Gasteiger partial charge in [-0.2, -0.15) is 0 Å². The van der Waals surface area contributed by atoms with E-state index in [1.54, 1.807) is 66.7 Å². The van der Waals surface area contributed by atoms with Crippen LogP contribution in [0.3, 0.4) is 0 Å². The lowest BCUT2D eigenvalue weighted by molar-refractivity contribution is -0.139. The van der Waals surface area contributed by atoms with Crippen LogP contribution in [0.2, 0.25) is 0 Å². The van der Waals surface area contributed by atoms with E-state index in [2.05, 4.69) is 5.32 Å². The molecule has 0 saturated heterocycles. The predicted molar refractivity (Wildman–Crippen MR) is 157 cm³/mol. The Hall–Kier alpha value is -5.51. The number of carbonyl (C=O) groups is 4. The van der Waals surface area contributed by atoms with E-state index >= 15 is 0 Å². The number of amides is 3. The van der Waals surface area contributed by atoms with Crippen LogP contribution < -0.4 is 19.7 Å². The molecule has 0 bridgehead atoms. The van der Waals surface area contributed by atoms with Crippen molar-refractivity contribution in [3.05, 3.63) is 120 Å².